The zero-order valence-electron chi connectivity index (χ0n) is 18.9. The van der Waals surface area contributed by atoms with Crippen LogP contribution in [0.2, 0.25) is 0 Å². The molecule has 31 heavy (non-hydrogen) atoms. The van der Waals surface area contributed by atoms with Crippen molar-refractivity contribution in [2.45, 2.75) is 51.2 Å². The van der Waals surface area contributed by atoms with Crippen LogP contribution < -0.4 is 10.1 Å². The van der Waals surface area contributed by atoms with Gasteiger partial charge in [0, 0.05) is 12.6 Å². The third kappa shape index (κ3) is 6.79. The van der Waals surface area contributed by atoms with E-state index in [-0.39, 0.29) is 11.7 Å². The standard InChI is InChI=1S/C26H35FN2O2/c1-19(31-24-7-5-4-6-8-24)26(30)28-18-17-20-9-11-21(12-10-20)25(29(2)3)22-13-15-23(27)16-14-22/h4-8,13-16,19-21,25H,9-12,17-18H2,1-3H3,(H,28,30). The Kier molecular flexibility index (Phi) is 8.47. The van der Waals surface area contributed by atoms with Crippen LogP contribution in [0.1, 0.15) is 50.6 Å². The van der Waals surface area contributed by atoms with Gasteiger partial charge in [-0.25, -0.2) is 4.39 Å². The van der Waals surface area contributed by atoms with Crippen LogP contribution in [0.4, 0.5) is 4.39 Å². The number of ether oxygens (including phenoxy) is 1. The molecule has 2 aromatic carbocycles. The van der Waals surface area contributed by atoms with E-state index in [4.69, 9.17) is 4.74 Å². The first-order chi connectivity index (χ1) is 14.9. The maximum atomic E-state index is 13.3. The summed E-state index contributed by atoms with van der Waals surface area (Å²) in [5.41, 5.74) is 1.19. The van der Waals surface area contributed by atoms with E-state index in [0.29, 0.717) is 30.2 Å². The fraction of sp³-hybridized carbons (Fsp3) is 0.500. The van der Waals surface area contributed by atoms with Gasteiger partial charge in [-0.05, 0) is 81.9 Å². The highest BCUT2D eigenvalue weighted by Crippen LogP contribution is 2.40. The molecule has 1 saturated carbocycles. The van der Waals surface area contributed by atoms with Crippen molar-refractivity contribution < 1.29 is 13.9 Å². The van der Waals surface area contributed by atoms with E-state index in [9.17, 15) is 9.18 Å². The van der Waals surface area contributed by atoms with Gasteiger partial charge in [0.15, 0.2) is 6.10 Å². The van der Waals surface area contributed by atoms with Crippen molar-refractivity contribution in [1.29, 1.82) is 0 Å². The predicted molar refractivity (Wildman–Crippen MR) is 122 cm³/mol. The quantitative estimate of drug-likeness (QED) is 0.599. The van der Waals surface area contributed by atoms with E-state index in [0.717, 1.165) is 19.3 Å². The maximum absolute atomic E-state index is 13.3. The Labute approximate surface area is 185 Å². The minimum atomic E-state index is -0.505. The van der Waals surface area contributed by atoms with Crippen molar-refractivity contribution in [2.24, 2.45) is 11.8 Å². The lowest BCUT2D eigenvalue weighted by Gasteiger charge is -2.37. The van der Waals surface area contributed by atoms with Gasteiger partial charge >= 0.3 is 0 Å². The Morgan fingerprint density at radius 1 is 1.06 bits per heavy atom. The first-order valence-corrected chi connectivity index (χ1v) is 11.4. The lowest BCUT2D eigenvalue weighted by molar-refractivity contribution is -0.127. The highest BCUT2D eigenvalue weighted by molar-refractivity contribution is 5.80. The number of para-hydroxylation sites is 1. The van der Waals surface area contributed by atoms with Crippen molar-refractivity contribution in [3.05, 3.63) is 66.0 Å². The van der Waals surface area contributed by atoms with Crippen LogP contribution in [0.3, 0.4) is 0 Å². The van der Waals surface area contributed by atoms with Gasteiger partial charge in [0.05, 0.1) is 0 Å². The maximum Gasteiger partial charge on any atom is 0.260 e. The normalized spacial score (nSPS) is 20.8. The molecule has 2 atom stereocenters. The van der Waals surface area contributed by atoms with Gasteiger partial charge in [0.1, 0.15) is 11.6 Å². The second-order valence-corrected chi connectivity index (χ2v) is 8.89. The summed E-state index contributed by atoms with van der Waals surface area (Å²) in [5, 5.41) is 3.03. The lowest BCUT2D eigenvalue weighted by atomic mass is 9.75. The van der Waals surface area contributed by atoms with Crippen molar-refractivity contribution in [3.8, 4) is 5.75 Å². The van der Waals surface area contributed by atoms with Gasteiger partial charge in [0.25, 0.3) is 5.91 Å². The average molecular weight is 427 g/mol. The monoisotopic (exact) mass is 426 g/mol. The second-order valence-electron chi connectivity index (χ2n) is 8.89. The predicted octanol–water partition coefficient (Wildman–Crippen LogP) is 5.21. The summed E-state index contributed by atoms with van der Waals surface area (Å²) < 4.78 is 19.0. The molecule has 3 rings (SSSR count). The number of nitrogens with zero attached hydrogens (tertiary/aromatic N) is 1. The molecule has 2 unspecified atom stereocenters. The average Bonchev–Trinajstić information content (AvgIpc) is 2.76. The molecule has 1 aliphatic rings. The molecule has 2 aromatic rings. The number of hydrogen-bond donors (Lipinski definition) is 1. The van der Waals surface area contributed by atoms with Gasteiger partial charge in [-0.15, -0.1) is 0 Å². The molecule has 1 fully saturated rings. The zero-order valence-corrected chi connectivity index (χ0v) is 18.9. The van der Waals surface area contributed by atoms with E-state index in [1.807, 2.05) is 42.5 Å². The fourth-order valence-corrected chi connectivity index (χ4v) is 4.74. The lowest BCUT2D eigenvalue weighted by Crippen LogP contribution is -2.37. The molecule has 1 N–H and O–H groups in total. The van der Waals surface area contributed by atoms with Crippen molar-refractivity contribution in [1.82, 2.24) is 10.2 Å². The Hall–Kier alpha value is -2.40. The van der Waals surface area contributed by atoms with E-state index in [1.54, 1.807) is 19.1 Å². The van der Waals surface area contributed by atoms with Crippen LogP contribution >= 0.6 is 0 Å². The molecular formula is C26H35FN2O2. The number of carbonyl (C=O) groups excluding carboxylic acids is 1. The molecule has 1 amide bonds. The number of benzene rings is 2. The smallest absolute Gasteiger partial charge is 0.260 e. The van der Waals surface area contributed by atoms with Gasteiger partial charge < -0.3 is 15.0 Å². The van der Waals surface area contributed by atoms with Gasteiger partial charge in [-0.1, -0.05) is 43.2 Å². The van der Waals surface area contributed by atoms with Gasteiger partial charge in [-0.3, -0.25) is 4.79 Å². The third-order valence-electron chi connectivity index (χ3n) is 6.38. The minimum Gasteiger partial charge on any atom is -0.481 e. The van der Waals surface area contributed by atoms with E-state index >= 15 is 0 Å². The first-order valence-electron chi connectivity index (χ1n) is 11.4. The summed E-state index contributed by atoms with van der Waals surface area (Å²) in [6.07, 6.45) is 5.15. The summed E-state index contributed by atoms with van der Waals surface area (Å²) >= 11 is 0. The Bertz CT molecular complexity index is 802. The molecule has 168 valence electrons. The van der Waals surface area contributed by atoms with Crippen LogP contribution in [-0.2, 0) is 4.79 Å². The summed E-state index contributed by atoms with van der Waals surface area (Å²) in [6, 6.07) is 16.7. The number of rotatable bonds is 9. The molecule has 0 saturated heterocycles. The van der Waals surface area contributed by atoms with Gasteiger partial charge in [-0.2, -0.15) is 0 Å². The van der Waals surface area contributed by atoms with Crippen LogP contribution in [0.5, 0.6) is 5.75 Å². The van der Waals surface area contributed by atoms with Crippen LogP contribution in [0.25, 0.3) is 0 Å². The molecule has 1 aliphatic carbocycles. The summed E-state index contributed by atoms with van der Waals surface area (Å²) in [6.45, 7) is 2.47. The molecule has 0 aliphatic heterocycles. The van der Waals surface area contributed by atoms with E-state index in [2.05, 4.69) is 24.3 Å². The van der Waals surface area contributed by atoms with Crippen molar-refractivity contribution in [2.75, 3.05) is 20.6 Å². The molecular weight excluding hydrogens is 391 g/mol. The Balaban J connectivity index is 1.41. The minimum absolute atomic E-state index is 0.0680. The molecule has 0 bridgehead atoms. The number of carbonyl (C=O) groups is 1. The molecule has 5 heteroatoms. The number of amides is 1. The van der Waals surface area contributed by atoms with E-state index < -0.39 is 6.10 Å². The molecule has 0 radical (unpaired) electrons. The highest BCUT2D eigenvalue weighted by Gasteiger charge is 2.30. The summed E-state index contributed by atoms with van der Waals surface area (Å²) in [5.74, 6) is 1.67. The van der Waals surface area contributed by atoms with E-state index in [1.165, 1.54) is 18.4 Å². The van der Waals surface area contributed by atoms with Crippen molar-refractivity contribution in [3.63, 3.8) is 0 Å². The summed E-state index contributed by atoms with van der Waals surface area (Å²) in [7, 11) is 4.21. The number of halogens is 1. The first kappa shape index (κ1) is 23.3. The van der Waals surface area contributed by atoms with Crippen LogP contribution in [0.15, 0.2) is 54.6 Å². The van der Waals surface area contributed by atoms with Crippen molar-refractivity contribution >= 4 is 5.91 Å². The Morgan fingerprint density at radius 2 is 1.71 bits per heavy atom. The topological polar surface area (TPSA) is 41.6 Å². The molecule has 0 spiro atoms. The summed E-state index contributed by atoms with van der Waals surface area (Å²) in [4.78, 5) is 14.6. The van der Waals surface area contributed by atoms with Gasteiger partial charge in [0.2, 0.25) is 0 Å². The zero-order chi connectivity index (χ0) is 22.2. The second kappa shape index (κ2) is 11.3. The molecule has 0 heterocycles. The largest absolute Gasteiger partial charge is 0.481 e. The fourth-order valence-electron chi connectivity index (χ4n) is 4.74. The highest BCUT2D eigenvalue weighted by atomic mass is 19.1. The Morgan fingerprint density at radius 3 is 2.32 bits per heavy atom. The SMILES string of the molecule is CC(Oc1ccccc1)C(=O)NCCC1CCC(C(c2ccc(F)cc2)N(C)C)CC1. The van der Waals surface area contributed by atoms with Crippen LogP contribution in [0, 0.1) is 17.7 Å². The third-order valence-corrected chi connectivity index (χ3v) is 6.38. The number of nitrogens with one attached hydrogen (secondary N) is 1. The molecule has 4 nitrogen and oxygen atoms in total. The molecule has 0 aromatic heterocycles. The van der Waals surface area contributed by atoms with Crippen LogP contribution in [-0.4, -0.2) is 37.6 Å². The number of hydrogen-bond acceptors (Lipinski definition) is 3.